The number of phenolic OH excluding ortho intramolecular Hbond substituents is 1. The van der Waals surface area contributed by atoms with Crippen LogP contribution in [0.25, 0.3) is 0 Å². The van der Waals surface area contributed by atoms with Gasteiger partial charge in [0.05, 0.1) is 11.2 Å². The highest BCUT2D eigenvalue weighted by molar-refractivity contribution is 6.36. The Kier molecular flexibility index (Phi) is 6.75. The van der Waals surface area contributed by atoms with Gasteiger partial charge < -0.3 is 9.84 Å². The van der Waals surface area contributed by atoms with Crippen LogP contribution in [0.1, 0.15) is 27.0 Å². The SMILES string of the molecule is Cc1ccc(COc2ccc(C(=O)N/N=C/c3cc(Cl)cc(Cl)c3O)cc2)cc1. The maximum atomic E-state index is 12.2. The molecule has 3 aromatic carbocycles. The van der Waals surface area contributed by atoms with Gasteiger partial charge in [-0.25, -0.2) is 5.43 Å². The molecule has 0 radical (unpaired) electrons. The van der Waals surface area contributed by atoms with Gasteiger partial charge in [0, 0.05) is 16.1 Å². The number of phenols is 1. The number of ether oxygens (including phenoxy) is 1. The molecule has 0 aliphatic heterocycles. The number of aryl methyl sites for hydroxylation is 1. The molecule has 0 saturated heterocycles. The minimum Gasteiger partial charge on any atom is -0.506 e. The largest absolute Gasteiger partial charge is 0.506 e. The van der Waals surface area contributed by atoms with Crippen molar-refractivity contribution in [2.24, 2.45) is 5.10 Å². The second-order valence-electron chi connectivity index (χ2n) is 6.32. The minimum atomic E-state index is -0.404. The smallest absolute Gasteiger partial charge is 0.271 e. The summed E-state index contributed by atoms with van der Waals surface area (Å²) in [6.07, 6.45) is 1.27. The van der Waals surface area contributed by atoms with Crippen molar-refractivity contribution >= 4 is 35.3 Å². The molecular weight excluding hydrogens is 411 g/mol. The molecule has 0 fully saturated rings. The maximum absolute atomic E-state index is 12.2. The number of hydrogen-bond acceptors (Lipinski definition) is 4. The lowest BCUT2D eigenvalue weighted by Crippen LogP contribution is -2.17. The van der Waals surface area contributed by atoms with Gasteiger partial charge in [-0.1, -0.05) is 53.0 Å². The van der Waals surface area contributed by atoms with Crippen molar-refractivity contribution in [1.29, 1.82) is 0 Å². The fourth-order valence-corrected chi connectivity index (χ4v) is 2.97. The molecule has 3 rings (SSSR count). The summed E-state index contributed by atoms with van der Waals surface area (Å²) in [5.41, 5.74) is 5.36. The van der Waals surface area contributed by atoms with Gasteiger partial charge in [-0.3, -0.25) is 4.79 Å². The zero-order valence-electron chi connectivity index (χ0n) is 15.5. The molecule has 0 aliphatic carbocycles. The lowest BCUT2D eigenvalue weighted by atomic mass is 10.2. The van der Waals surface area contributed by atoms with E-state index in [1.165, 1.54) is 23.9 Å². The van der Waals surface area contributed by atoms with E-state index in [0.29, 0.717) is 28.5 Å². The number of hydrogen-bond donors (Lipinski definition) is 2. The molecule has 0 saturated carbocycles. The average Bonchev–Trinajstić information content (AvgIpc) is 2.71. The predicted molar refractivity (Wildman–Crippen MR) is 115 cm³/mol. The van der Waals surface area contributed by atoms with E-state index in [1.54, 1.807) is 24.3 Å². The van der Waals surface area contributed by atoms with Gasteiger partial charge in [-0.2, -0.15) is 5.10 Å². The van der Waals surface area contributed by atoms with Gasteiger partial charge in [0.2, 0.25) is 0 Å². The van der Waals surface area contributed by atoms with Crippen molar-refractivity contribution in [3.63, 3.8) is 0 Å². The number of amides is 1. The van der Waals surface area contributed by atoms with Crippen molar-refractivity contribution in [2.75, 3.05) is 0 Å². The third-order valence-electron chi connectivity index (χ3n) is 4.07. The Morgan fingerprint density at radius 1 is 1.10 bits per heavy atom. The van der Waals surface area contributed by atoms with Crippen LogP contribution < -0.4 is 10.2 Å². The standard InChI is InChI=1S/C22H18Cl2N2O3/c1-14-2-4-15(5-3-14)13-29-19-8-6-16(7-9-19)22(28)26-25-12-17-10-18(23)11-20(24)21(17)27/h2-12,27H,13H2,1H3,(H,26,28)/b25-12+. The zero-order chi connectivity index (χ0) is 20.8. The number of hydrazone groups is 1. The molecule has 0 unspecified atom stereocenters. The molecule has 0 atom stereocenters. The summed E-state index contributed by atoms with van der Waals surface area (Å²) in [7, 11) is 0. The Bertz CT molecular complexity index is 1030. The van der Waals surface area contributed by atoms with E-state index < -0.39 is 5.91 Å². The van der Waals surface area contributed by atoms with E-state index in [2.05, 4.69) is 10.5 Å². The molecule has 5 nitrogen and oxygen atoms in total. The lowest BCUT2D eigenvalue weighted by molar-refractivity contribution is 0.0955. The zero-order valence-corrected chi connectivity index (χ0v) is 17.0. The molecule has 29 heavy (non-hydrogen) atoms. The first-order chi connectivity index (χ1) is 13.9. The van der Waals surface area contributed by atoms with Crippen molar-refractivity contribution in [3.05, 3.63) is 93.0 Å². The first-order valence-corrected chi connectivity index (χ1v) is 9.48. The molecule has 0 aliphatic rings. The molecule has 2 N–H and O–H groups in total. The van der Waals surface area contributed by atoms with E-state index >= 15 is 0 Å². The highest BCUT2D eigenvalue weighted by Gasteiger charge is 2.07. The highest BCUT2D eigenvalue weighted by atomic mass is 35.5. The minimum absolute atomic E-state index is 0.103. The van der Waals surface area contributed by atoms with Crippen molar-refractivity contribution in [1.82, 2.24) is 5.43 Å². The third-order valence-corrected chi connectivity index (χ3v) is 4.58. The van der Waals surface area contributed by atoms with E-state index in [9.17, 15) is 9.90 Å². The van der Waals surface area contributed by atoms with E-state index in [0.717, 1.165) is 5.56 Å². The molecule has 148 valence electrons. The van der Waals surface area contributed by atoms with Crippen LogP contribution >= 0.6 is 23.2 Å². The Hall–Kier alpha value is -3.02. The van der Waals surface area contributed by atoms with Crippen molar-refractivity contribution < 1.29 is 14.6 Å². The number of aromatic hydroxyl groups is 1. The van der Waals surface area contributed by atoms with Crippen LogP contribution in [0.2, 0.25) is 10.0 Å². The summed E-state index contributed by atoms with van der Waals surface area (Å²) in [4.78, 5) is 12.2. The topological polar surface area (TPSA) is 70.9 Å². The van der Waals surface area contributed by atoms with Gasteiger partial charge in [-0.15, -0.1) is 0 Å². The van der Waals surface area contributed by atoms with Crippen LogP contribution in [0.15, 0.2) is 65.8 Å². The van der Waals surface area contributed by atoms with E-state index in [-0.39, 0.29) is 10.8 Å². The molecular formula is C22H18Cl2N2O3. The van der Waals surface area contributed by atoms with Gasteiger partial charge in [0.25, 0.3) is 5.91 Å². The van der Waals surface area contributed by atoms with Gasteiger partial charge in [0.15, 0.2) is 0 Å². The van der Waals surface area contributed by atoms with Crippen molar-refractivity contribution in [3.8, 4) is 11.5 Å². The van der Waals surface area contributed by atoms with Crippen LogP contribution in [0, 0.1) is 6.92 Å². The number of carbonyl (C=O) groups is 1. The molecule has 0 spiro atoms. The van der Waals surface area contributed by atoms with Crippen LogP contribution in [-0.2, 0) is 6.61 Å². The van der Waals surface area contributed by atoms with E-state index in [1.807, 2.05) is 31.2 Å². The number of halogens is 2. The molecule has 7 heteroatoms. The monoisotopic (exact) mass is 428 g/mol. The normalized spacial score (nSPS) is 10.9. The second-order valence-corrected chi connectivity index (χ2v) is 7.17. The van der Waals surface area contributed by atoms with Crippen LogP contribution in [0.3, 0.4) is 0 Å². The number of nitrogens with zero attached hydrogens (tertiary/aromatic N) is 1. The molecule has 0 bridgehead atoms. The molecule has 0 heterocycles. The molecule has 1 amide bonds. The molecule has 0 aromatic heterocycles. The number of nitrogens with one attached hydrogen (secondary N) is 1. The van der Waals surface area contributed by atoms with Crippen LogP contribution in [0.4, 0.5) is 0 Å². The number of rotatable bonds is 6. The Morgan fingerprint density at radius 3 is 2.48 bits per heavy atom. The van der Waals surface area contributed by atoms with Crippen molar-refractivity contribution in [2.45, 2.75) is 13.5 Å². The summed E-state index contributed by atoms with van der Waals surface area (Å²) in [6.45, 7) is 2.48. The van der Waals surface area contributed by atoms with Gasteiger partial charge in [-0.05, 0) is 48.9 Å². The summed E-state index contributed by atoms with van der Waals surface area (Å²) in [5, 5.41) is 14.2. The summed E-state index contributed by atoms with van der Waals surface area (Å²) < 4.78 is 5.73. The Morgan fingerprint density at radius 2 is 1.79 bits per heavy atom. The fraction of sp³-hybridized carbons (Fsp3) is 0.0909. The predicted octanol–water partition coefficient (Wildman–Crippen LogP) is 5.35. The van der Waals surface area contributed by atoms with Gasteiger partial charge in [0.1, 0.15) is 18.1 Å². The van der Waals surface area contributed by atoms with Gasteiger partial charge >= 0.3 is 0 Å². The lowest BCUT2D eigenvalue weighted by Gasteiger charge is -2.07. The van der Waals surface area contributed by atoms with E-state index in [4.69, 9.17) is 27.9 Å². The van der Waals surface area contributed by atoms with Crippen LogP contribution in [-0.4, -0.2) is 17.2 Å². The Balaban J connectivity index is 1.57. The second kappa shape index (κ2) is 9.45. The maximum Gasteiger partial charge on any atom is 0.271 e. The van der Waals surface area contributed by atoms with Crippen LogP contribution in [0.5, 0.6) is 11.5 Å². The first kappa shape index (κ1) is 20.7. The average molecular weight is 429 g/mol. The quantitative estimate of drug-likeness (QED) is 0.410. The summed E-state index contributed by atoms with van der Waals surface area (Å²) in [5.74, 6) is 0.0900. The fourth-order valence-electron chi connectivity index (χ4n) is 2.46. The summed E-state index contributed by atoms with van der Waals surface area (Å²) >= 11 is 11.7. The Labute approximate surface area is 178 Å². The number of carbonyl (C=O) groups excluding carboxylic acids is 1. The summed E-state index contributed by atoms with van der Waals surface area (Å²) in [6, 6.07) is 17.7. The molecule has 3 aromatic rings. The first-order valence-electron chi connectivity index (χ1n) is 8.72. The third kappa shape index (κ3) is 5.73. The number of benzene rings is 3. The highest BCUT2D eigenvalue weighted by Crippen LogP contribution is 2.29.